The maximum absolute atomic E-state index is 13.0. The number of para-hydroxylation sites is 1. The second-order valence-corrected chi connectivity index (χ2v) is 8.03. The lowest BCUT2D eigenvalue weighted by atomic mass is 10.2. The molecule has 0 spiro atoms. The summed E-state index contributed by atoms with van der Waals surface area (Å²) in [4.78, 5) is 27.0. The van der Waals surface area contributed by atoms with Crippen LogP contribution in [0.4, 0.5) is 5.82 Å². The molecule has 4 aromatic rings. The van der Waals surface area contributed by atoms with Crippen LogP contribution in [0.2, 0.25) is 0 Å². The lowest BCUT2D eigenvalue weighted by Crippen LogP contribution is -2.49. The van der Waals surface area contributed by atoms with Gasteiger partial charge in [-0.25, -0.2) is 9.97 Å². The standard InChI is InChI=1S/C22H21N7OS/c1-31-18-10-6-5-9-17(18)22(30)28-13-11-27(12-14-28)20-19-21(24-15-23-20)29(26-25-19)16-7-3-2-4-8-16/h2-10,15H,11-14H2,1H3. The van der Waals surface area contributed by atoms with Crippen LogP contribution >= 0.6 is 11.8 Å². The Morgan fingerprint density at radius 3 is 2.45 bits per heavy atom. The van der Waals surface area contributed by atoms with Gasteiger partial charge in [-0.1, -0.05) is 35.5 Å². The van der Waals surface area contributed by atoms with Crippen molar-refractivity contribution in [1.82, 2.24) is 29.9 Å². The molecule has 2 aromatic heterocycles. The monoisotopic (exact) mass is 431 g/mol. The summed E-state index contributed by atoms with van der Waals surface area (Å²) < 4.78 is 1.72. The van der Waals surface area contributed by atoms with E-state index in [0.29, 0.717) is 37.3 Å². The Kier molecular flexibility index (Phi) is 5.25. The predicted octanol–water partition coefficient (Wildman–Crippen LogP) is 2.89. The van der Waals surface area contributed by atoms with Gasteiger partial charge < -0.3 is 9.80 Å². The van der Waals surface area contributed by atoms with Gasteiger partial charge in [0.2, 0.25) is 0 Å². The topological polar surface area (TPSA) is 80.0 Å². The summed E-state index contributed by atoms with van der Waals surface area (Å²) in [5.41, 5.74) is 3.00. The number of piperazine rings is 1. The van der Waals surface area contributed by atoms with Crippen molar-refractivity contribution in [2.75, 3.05) is 37.3 Å². The molecule has 9 heteroatoms. The molecule has 0 N–H and O–H groups in total. The van der Waals surface area contributed by atoms with Crippen LogP contribution in [0, 0.1) is 0 Å². The van der Waals surface area contributed by atoms with E-state index in [4.69, 9.17) is 0 Å². The van der Waals surface area contributed by atoms with Crippen LogP contribution in [0.15, 0.2) is 65.8 Å². The molecule has 0 atom stereocenters. The number of fused-ring (bicyclic) bond motifs is 1. The van der Waals surface area contributed by atoms with Crippen LogP contribution in [0.25, 0.3) is 16.9 Å². The number of hydrogen-bond acceptors (Lipinski definition) is 7. The highest BCUT2D eigenvalue weighted by Crippen LogP contribution is 2.25. The molecular formula is C22H21N7OS. The van der Waals surface area contributed by atoms with Crippen LogP contribution in [0.3, 0.4) is 0 Å². The molecule has 0 aliphatic carbocycles. The number of carbonyl (C=O) groups excluding carboxylic acids is 1. The highest BCUT2D eigenvalue weighted by Gasteiger charge is 2.26. The zero-order valence-electron chi connectivity index (χ0n) is 17.0. The molecule has 3 heterocycles. The summed E-state index contributed by atoms with van der Waals surface area (Å²) in [7, 11) is 0. The van der Waals surface area contributed by atoms with Crippen molar-refractivity contribution < 1.29 is 4.79 Å². The lowest BCUT2D eigenvalue weighted by Gasteiger charge is -2.35. The van der Waals surface area contributed by atoms with E-state index >= 15 is 0 Å². The van der Waals surface area contributed by atoms with Crippen molar-refractivity contribution in [2.45, 2.75) is 4.90 Å². The van der Waals surface area contributed by atoms with Crippen molar-refractivity contribution >= 4 is 34.7 Å². The van der Waals surface area contributed by atoms with Gasteiger partial charge in [0.15, 0.2) is 17.0 Å². The van der Waals surface area contributed by atoms with Gasteiger partial charge in [-0.3, -0.25) is 4.79 Å². The van der Waals surface area contributed by atoms with Gasteiger partial charge >= 0.3 is 0 Å². The van der Waals surface area contributed by atoms with Crippen molar-refractivity contribution in [3.8, 4) is 5.69 Å². The number of amides is 1. The van der Waals surface area contributed by atoms with Crippen LogP contribution in [-0.4, -0.2) is 68.2 Å². The number of benzene rings is 2. The third-order valence-corrected chi connectivity index (χ3v) is 6.22. The molecule has 0 radical (unpaired) electrons. The zero-order valence-corrected chi connectivity index (χ0v) is 17.9. The second-order valence-electron chi connectivity index (χ2n) is 7.19. The normalized spacial score (nSPS) is 14.2. The van der Waals surface area contributed by atoms with E-state index in [1.54, 1.807) is 22.8 Å². The first-order valence-electron chi connectivity index (χ1n) is 10.1. The molecule has 0 unspecified atom stereocenters. The number of carbonyl (C=O) groups is 1. The molecule has 0 saturated carbocycles. The summed E-state index contributed by atoms with van der Waals surface area (Å²) in [5, 5.41) is 8.65. The maximum atomic E-state index is 13.0. The van der Waals surface area contributed by atoms with Gasteiger partial charge in [0.05, 0.1) is 11.3 Å². The Hall–Kier alpha value is -3.46. The fourth-order valence-electron chi connectivity index (χ4n) is 3.82. The molecule has 1 saturated heterocycles. The van der Waals surface area contributed by atoms with Crippen LogP contribution in [0.5, 0.6) is 0 Å². The number of nitrogens with zero attached hydrogens (tertiary/aromatic N) is 7. The summed E-state index contributed by atoms with van der Waals surface area (Å²) >= 11 is 1.59. The van der Waals surface area contributed by atoms with E-state index in [-0.39, 0.29) is 5.91 Å². The maximum Gasteiger partial charge on any atom is 0.255 e. The van der Waals surface area contributed by atoms with E-state index < -0.39 is 0 Å². The first kappa shape index (κ1) is 19.5. The third kappa shape index (κ3) is 3.61. The molecule has 156 valence electrons. The Balaban J connectivity index is 1.36. The van der Waals surface area contributed by atoms with Crippen molar-refractivity contribution in [2.24, 2.45) is 0 Å². The minimum absolute atomic E-state index is 0.0763. The van der Waals surface area contributed by atoms with Crippen molar-refractivity contribution in [1.29, 1.82) is 0 Å². The van der Waals surface area contributed by atoms with Gasteiger partial charge in [-0.15, -0.1) is 16.9 Å². The number of aromatic nitrogens is 5. The van der Waals surface area contributed by atoms with E-state index in [1.165, 1.54) is 0 Å². The molecular weight excluding hydrogens is 410 g/mol. The first-order chi connectivity index (χ1) is 15.3. The summed E-state index contributed by atoms with van der Waals surface area (Å²) in [6.07, 6.45) is 3.54. The molecule has 1 aliphatic heterocycles. The fraction of sp³-hybridized carbons (Fsp3) is 0.227. The van der Waals surface area contributed by atoms with Gasteiger partial charge in [-0.2, -0.15) is 4.68 Å². The largest absolute Gasteiger partial charge is 0.351 e. The van der Waals surface area contributed by atoms with Crippen molar-refractivity contribution in [3.05, 3.63) is 66.5 Å². The number of hydrogen-bond donors (Lipinski definition) is 0. The Bertz CT molecular complexity index is 1220. The molecule has 0 bridgehead atoms. The van der Waals surface area contributed by atoms with Crippen molar-refractivity contribution in [3.63, 3.8) is 0 Å². The number of thioether (sulfide) groups is 1. The molecule has 1 aliphatic rings. The number of anilines is 1. The molecule has 31 heavy (non-hydrogen) atoms. The van der Waals surface area contributed by atoms with Crippen LogP contribution in [-0.2, 0) is 0 Å². The summed E-state index contributed by atoms with van der Waals surface area (Å²) in [5.74, 6) is 0.830. The average Bonchev–Trinajstić information content (AvgIpc) is 3.28. The molecule has 5 rings (SSSR count). The predicted molar refractivity (Wildman–Crippen MR) is 121 cm³/mol. The minimum Gasteiger partial charge on any atom is -0.351 e. The highest BCUT2D eigenvalue weighted by atomic mass is 32.2. The summed E-state index contributed by atoms with van der Waals surface area (Å²) in [6, 6.07) is 17.6. The smallest absolute Gasteiger partial charge is 0.255 e. The zero-order chi connectivity index (χ0) is 21.2. The SMILES string of the molecule is CSc1ccccc1C(=O)N1CCN(c2ncnc3c2nnn3-c2ccccc2)CC1. The molecule has 1 fully saturated rings. The van der Waals surface area contributed by atoms with E-state index in [0.717, 1.165) is 22.0 Å². The fourth-order valence-corrected chi connectivity index (χ4v) is 4.41. The average molecular weight is 432 g/mol. The van der Waals surface area contributed by atoms with Gasteiger partial charge in [0, 0.05) is 31.1 Å². The second kappa shape index (κ2) is 8.35. The van der Waals surface area contributed by atoms with Crippen LogP contribution in [0.1, 0.15) is 10.4 Å². The highest BCUT2D eigenvalue weighted by molar-refractivity contribution is 7.98. The molecule has 2 aromatic carbocycles. The Labute approximate surface area is 183 Å². The van der Waals surface area contributed by atoms with Gasteiger partial charge in [0.1, 0.15) is 6.33 Å². The lowest BCUT2D eigenvalue weighted by molar-refractivity contribution is 0.0743. The van der Waals surface area contributed by atoms with Gasteiger partial charge in [-0.05, 0) is 30.5 Å². The Morgan fingerprint density at radius 2 is 1.68 bits per heavy atom. The van der Waals surface area contributed by atoms with E-state index in [9.17, 15) is 4.79 Å². The number of rotatable bonds is 4. The molecule has 1 amide bonds. The third-order valence-electron chi connectivity index (χ3n) is 5.42. The molecule has 8 nitrogen and oxygen atoms in total. The minimum atomic E-state index is 0.0763. The first-order valence-corrected chi connectivity index (χ1v) is 11.3. The van der Waals surface area contributed by atoms with E-state index in [1.807, 2.05) is 65.8 Å². The Morgan fingerprint density at radius 1 is 0.935 bits per heavy atom. The van der Waals surface area contributed by atoms with Crippen LogP contribution < -0.4 is 4.90 Å². The van der Waals surface area contributed by atoms with E-state index in [2.05, 4.69) is 25.2 Å². The quantitative estimate of drug-likeness (QED) is 0.460. The van der Waals surface area contributed by atoms with Gasteiger partial charge in [0.25, 0.3) is 5.91 Å². The summed E-state index contributed by atoms with van der Waals surface area (Å²) in [6.45, 7) is 2.61.